The van der Waals surface area contributed by atoms with Gasteiger partial charge in [-0.05, 0) is 53.4 Å². The number of carbonyl (C=O) groups excluding carboxylic acids is 1. The molecule has 0 radical (unpaired) electrons. The number of carboxylic acids is 1. The van der Waals surface area contributed by atoms with E-state index in [0.717, 1.165) is 37.6 Å². The number of hydrogen-bond acceptors (Lipinski definition) is 5. The molecule has 37 heavy (non-hydrogen) atoms. The van der Waals surface area contributed by atoms with Crippen molar-refractivity contribution in [2.45, 2.75) is 32.7 Å². The van der Waals surface area contributed by atoms with Crippen molar-refractivity contribution >= 4 is 44.8 Å². The van der Waals surface area contributed by atoms with Crippen molar-refractivity contribution in [2.24, 2.45) is 0 Å². The number of nitrogens with zero attached hydrogens (tertiary/aromatic N) is 1. The van der Waals surface area contributed by atoms with Gasteiger partial charge in [-0.1, -0.05) is 60.1 Å². The number of thiazole rings is 1. The van der Waals surface area contributed by atoms with E-state index >= 15 is 0 Å². The molecule has 1 aromatic heterocycles. The maximum absolute atomic E-state index is 12.2. The molecule has 0 unspecified atom stereocenters. The maximum Gasteiger partial charge on any atom is 0.305 e. The van der Waals surface area contributed by atoms with Gasteiger partial charge in [-0.3, -0.25) is 9.59 Å². The molecule has 0 aliphatic rings. The van der Waals surface area contributed by atoms with E-state index in [2.05, 4.69) is 76.1 Å². The van der Waals surface area contributed by atoms with Gasteiger partial charge in [-0.15, -0.1) is 11.3 Å². The van der Waals surface area contributed by atoms with Crippen LogP contribution >= 0.6 is 27.3 Å². The minimum atomic E-state index is -0.940. The first-order chi connectivity index (χ1) is 17.8. The average molecular weight is 579 g/mol. The fraction of sp³-hybridized carbons (Fsp3) is 0.207. The molecule has 4 aromatic rings. The number of halogens is 1. The van der Waals surface area contributed by atoms with Crippen molar-refractivity contribution in [3.8, 4) is 21.8 Å². The summed E-state index contributed by atoms with van der Waals surface area (Å²) in [6.45, 7) is 5.05. The SMILES string of the molecule is CC(C)c1ccc(NCc2ccc(C(=O)NCCC(=O)O)cc2)c(-c2nc(-c3ccc(Br)cc3)cs2)c1. The Morgan fingerprint density at radius 3 is 2.43 bits per heavy atom. The molecule has 3 aromatic carbocycles. The summed E-state index contributed by atoms with van der Waals surface area (Å²) in [7, 11) is 0. The van der Waals surface area contributed by atoms with Crippen LogP contribution < -0.4 is 10.6 Å². The van der Waals surface area contributed by atoms with Crippen molar-refractivity contribution in [1.82, 2.24) is 10.3 Å². The quantitative estimate of drug-likeness (QED) is 0.186. The fourth-order valence-electron chi connectivity index (χ4n) is 3.76. The molecule has 0 spiro atoms. The van der Waals surface area contributed by atoms with Crippen LogP contribution in [0.5, 0.6) is 0 Å². The smallest absolute Gasteiger partial charge is 0.305 e. The molecule has 4 rings (SSSR count). The summed E-state index contributed by atoms with van der Waals surface area (Å²) in [5, 5.41) is 17.9. The Balaban J connectivity index is 1.50. The summed E-state index contributed by atoms with van der Waals surface area (Å²) >= 11 is 5.11. The van der Waals surface area contributed by atoms with Gasteiger partial charge in [-0.2, -0.15) is 0 Å². The molecule has 190 valence electrons. The van der Waals surface area contributed by atoms with Crippen LogP contribution in [-0.4, -0.2) is 28.5 Å². The number of aromatic nitrogens is 1. The van der Waals surface area contributed by atoms with E-state index in [1.54, 1.807) is 23.5 Å². The number of nitrogens with one attached hydrogen (secondary N) is 2. The number of carbonyl (C=O) groups is 2. The summed E-state index contributed by atoms with van der Waals surface area (Å²) < 4.78 is 1.04. The first-order valence-electron chi connectivity index (χ1n) is 12.0. The van der Waals surface area contributed by atoms with Gasteiger partial charge in [0.25, 0.3) is 5.91 Å². The van der Waals surface area contributed by atoms with Crippen LogP contribution in [0.4, 0.5) is 5.69 Å². The molecule has 1 amide bonds. The lowest BCUT2D eigenvalue weighted by atomic mass is 9.99. The molecule has 0 aliphatic heterocycles. The summed E-state index contributed by atoms with van der Waals surface area (Å²) in [6, 6.07) is 21.9. The third kappa shape index (κ3) is 7.05. The fourth-order valence-corrected chi connectivity index (χ4v) is 4.88. The predicted molar refractivity (Wildman–Crippen MR) is 153 cm³/mol. The summed E-state index contributed by atoms with van der Waals surface area (Å²) in [6.07, 6.45) is -0.102. The van der Waals surface area contributed by atoms with Gasteiger partial charge in [0.05, 0.1) is 12.1 Å². The lowest BCUT2D eigenvalue weighted by Gasteiger charge is -2.14. The topological polar surface area (TPSA) is 91.3 Å². The Morgan fingerprint density at radius 1 is 1.03 bits per heavy atom. The first kappa shape index (κ1) is 26.6. The minimum Gasteiger partial charge on any atom is -0.481 e. The van der Waals surface area contributed by atoms with Crippen LogP contribution in [0.3, 0.4) is 0 Å². The van der Waals surface area contributed by atoms with Crippen LogP contribution in [0, 0.1) is 0 Å². The summed E-state index contributed by atoms with van der Waals surface area (Å²) in [4.78, 5) is 27.8. The van der Waals surface area contributed by atoms with Crippen LogP contribution in [0.1, 0.15) is 47.7 Å². The Labute approximate surface area is 228 Å². The lowest BCUT2D eigenvalue weighted by molar-refractivity contribution is -0.136. The highest BCUT2D eigenvalue weighted by atomic mass is 79.9. The zero-order chi connectivity index (χ0) is 26.4. The number of hydrogen-bond donors (Lipinski definition) is 3. The second kappa shape index (κ2) is 12.2. The molecular weight excluding hydrogens is 550 g/mol. The van der Waals surface area contributed by atoms with E-state index in [1.807, 2.05) is 24.3 Å². The highest BCUT2D eigenvalue weighted by molar-refractivity contribution is 9.10. The van der Waals surface area contributed by atoms with Crippen LogP contribution in [0.25, 0.3) is 21.8 Å². The predicted octanol–water partition coefficient (Wildman–Crippen LogP) is 7.18. The number of carboxylic acid groups (broad SMARTS) is 1. The summed E-state index contributed by atoms with van der Waals surface area (Å²) in [5.74, 6) is -0.824. The number of amides is 1. The molecule has 0 saturated heterocycles. The monoisotopic (exact) mass is 577 g/mol. The van der Waals surface area contributed by atoms with Gasteiger partial charge in [0.1, 0.15) is 5.01 Å². The summed E-state index contributed by atoms with van der Waals surface area (Å²) in [5.41, 5.74) is 6.86. The van der Waals surface area contributed by atoms with Gasteiger partial charge in [0.2, 0.25) is 0 Å². The van der Waals surface area contributed by atoms with E-state index < -0.39 is 5.97 Å². The number of aliphatic carboxylic acids is 1. The number of anilines is 1. The third-order valence-corrected chi connectivity index (χ3v) is 7.31. The zero-order valence-corrected chi connectivity index (χ0v) is 23.0. The van der Waals surface area contributed by atoms with Gasteiger partial charge in [0.15, 0.2) is 0 Å². The van der Waals surface area contributed by atoms with Crippen molar-refractivity contribution in [1.29, 1.82) is 0 Å². The zero-order valence-electron chi connectivity index (χ0n) is 20.6. The molecule has 0 atom stereocenters. The molecule has 8 heteroatoms. The molecule has 0 aliphatic carbocycles. The van der Waals surface area contributed by atoms with Crippen LogP contribution in [-0.2, 0) is 11.3 Å². The second-order valence-corrected chi connectivity index (χ2v) is 10.7. The van der Waals surface area contributed by atoms with Gasteiger partial charge < -0.3 is 15.7 Å². The highest BCUT2D eigenvalue weighted by Crippen LogP contribution is 2.36. The van der Waals surface area contributed by atoms with Gasteiger partial charge >= 0.3 is 5.97 Å². The second-order valence-electron chi connectivity index (χ2n) is 8.95. The molecule has 3 N–H and O–H groups in total. The number of rotatable bonds is 10. The lowest BCUT2D eigenvalue weighted by Crippen LogP contribution is -2.25. The molecule has 1 heterocycles. The standard InChI is InChI=1S/C29H28BrN3O3S/c1-18(2)22-9-12-25(24(15-22)29-33-26(17-37-29)20-7-10-23(30)11-8-20)32-16-19-3-5-21(6-4-19)28(36)31-14-13-27(34)35/h3-12,15,17-18,32H,13-14,16H2,1-2H3,(H,31,36)(H,34,35). The highest BCUT2D eigenvalue weighted by Gasteiger charge is 2.14. The Bertz CT molecular complexity index is 1380. The van der Waals surface area contributed by atoms with Crippen LogP contribution in [0.15, 0.2) is 76.6 Å². The Kier molecular flexibility index (Phi) is 8.74. The largest absolute Gasteiger partial charge is 0.481 e. The van der Waals surface area contributed by atoms with E-state index in [0.29, 0.717) is 18.0 Å². The first-order valence-corrected chi connectivity index (χ1v) is 13.7. The molecule has 0 fully saturated rings. The van der Waals surface area contributed by atoms with Crippen molar-refractivity contribution < 1.29 is 14.7 Å². The minimum absolute atomic E-state index is 0.102. The number of benzene rings is 3. The molecule has 0 bridgehead atoms. The van der Waals surface area contributed by atoms with Crippen molar-refractivity contribution in [3.05, 3.63) is 93.3 Å². The van der Waals surface area contributed by atoms with Crippen molar-refractivity contribution in [2.75, 3.05) is 11.9 Å². The molecule has 0 saturated carbocycles. The third-order valence-electron chi connectivity index (χ3n) is 5.91. The van der Waals surface area contributed by atoms with E-state index in [9.17, 15) is 9.59 Å². The van der Waals surface area contributed by atoms with Gasteiger partial charge in [-0.25, -0.2) is 4.98 Å². The average Bonchev–Trinajstić information content (AvgIpc) is 3.38. The van der Waals surface area contributed by atoms with E-state index in [-0.39, 0.29) is 18.9 Å². The van der Waals surface area contributed by atoms with Crippen molar-refractivity contribution in [3.63, 3.8) is 0 Å². The van der Waals surface area contributed by atoms with E-state index in [4.69, 9.17) is 10.1 Å². The Morgan fingerprint density at radius 2 is 1.76 bits per heavy atom. The molecular formula is C29H28BrN3O3S. The Hall–Kier alpha value is -3.49. The van der Waals surface area contributed by atoms with Gasteiger partial charge in [0, 0.05) is 45.3 Å². The van der Waals surface area contributed by atoms with E-state index in [1.165, 1.54) is 5.56 Å². The normalized spacial score (nSPS) is 10.9. The maximum atomic E-state index is 12.2. The van der Waals surface area contributed by atoms with Crippen LogP contribution in [0.2, 0.25) is 0 Å². The molecule has 6 nitrogen and oxygen atoms in total.